The van der Waals surface area contributed by atoms with Gasteiger partial charge in [-0.15, -0.1) is 0 Å². The standard InChI is InChI=1S/C27H37N3O6S/c1-6-34-24(31)8-7-15-35-19-11-9-18(10-12-19)16-23(25(32)36-27(2,3)4)30-26(37)29-22-14-13-20(33-5)17-21(22)28/h9-14,17,23H,6-8,15-16,28H2,1-5H3,(H2,29,30,37)/t23-/m0/s1. The first-order valence-electron chi connectivity index (χ1n) is 12.1. The Balaban J connectivity index is 2.02. The summed E-state index contributed by atoms with van der Waals surface area (Å²) >= 11 is 5.46. The molecule has 202 valence electrons. The van der Waals surface area contributed by atoms with E-state index in [0.717, 1.165) is 5.56 Å². The van der Waals surface area contributed by atoms with Crippen LogP contribution in [0.2, 0.25) is 0 Å². The van der Waals surface area contributed by atoms with E-state index in [1.165, 1.54) is 0 Å². The minimum Gasteiger partial charge on any atom is -0.497 e. The number of anilines is 2. The van der Waals surface area contributed by atoms with E-state index in [0.29, 0.717) is 55.4 Å². The largest absolute Gasteiger partial charge is 0.497 e. The number of carbonyl (C=O) groups is 2. The second-order valence-corrected chi connectivity index (χ2v) is 9.65. The molecule has 0 aliphatic carbocycles. The number of methoxy groups -OCH3 is 1. The van der Waals surface area contributed by atoms with Gasteiger partial charge in [-0.3, -0.25) is 4.79 Å². The molecule has 37 heavy (non-hydrogen) atoms. The molecule has 0 spiro atoms. The summed E-state index contributed by atoms with van der Waals surface area (Å²) in [5.41, 5.74) is 7.34. The molecular weight excluding hydrogens is 494 g/mol. The summed E-state index contributed by atoms with van der Waals surface area (Å²) in [6.07, 6.45) is 1.21. The second-order valence-electron chi connectivity index (χ2n) is 9.24. The van der Waals surface area contributed by atoms with Crippen LogP contribution in [0.3, 0.4) is 0 Å². The lowest BCUT2D eigenvalue weighted by atomic mass is 10.1. The van der Waals surface area contributed by atoms with Crippen LogP contribution in [0.15, 0.2) is 42.5 Å². The van der Waals surface area contributed by atoms with Crippen LogP contribution in [0.25, 0.3) is 0 Å². The molecular formula is C27H37N3O6S. The Morgan fingerprint density at radius 1 is 1.08 bits per heavy atom. The molecule has 2 aromatic carbocycles. The summed E-state index contributed by atoms with van der Waals surface area (Å²) in [5, 5.41) is 6.31. The van der Waals surface area contributed by atoms with Gasteiger partial charge in [0.1, 0.15) is 23.1 Å². The molecule has 4 N–H and O–H groups in total. The number of nitrogens with one attached hydrogen (secondary N) is 2. The van der Waals surface area contributed by atoms with Crippen LogP contribution >= 0.6 is 12.2 Å². The smallest absolute Gasteiger partial charge is 0.329 e. The quantitative estimate of drug-likeness (QED) is 0.159. The van der Waals surface area contributed by atoms with Crippen LogP contribution in [0, 0.1) is 0 Å². The van der Waals surface area contributed by atoms with E-state index >= 15 is 0 Å². The highest BCUT2D eigenvalue weighted by molar-refractivity contribution is 7.80. The molecule has 2 aromatic rings. The molecule has 0 bridgehead atoms. The number of nitrogens with two attached hydrogens (primary N) is 1. The number of thiocarbonyl (C=S) groups is 1. The van der Waals surface area contributed by atoms with E-state index in [2.05, 4.69) is 10.6 Å². The number of esters is 2. The van der Waals surface area contributed by atoms with Crippen molar-refractivity contribution in [2.75, 3.05) is 31.4 Å². The molecule has 0 fully saturated rings. The molecule has 0 aliphatic heterocycles. The van der Waals surface area contributed by atoms with Gasteiger partial charge in [-0.1, -0.05) is 12.1 Å². The number of rotatable bonds is 12. The molecule has 10 heteroatoms. The molecule has 0 saturated heterocycles. The van der Waals surface area contributed by atoms with Crippen LogP contribution < -0.4 is 25.8 Å². The fourth-order valence-corrected chi connectivity index (χ4v) is 3.51. The normalized spacial score (nSPS) is 11.7. The maximum Gasteiger partial charge on any atom is 0.329 e. The molecule has 0 amide bonds. The van der Waals surface area contributed by atoms with Crippen molar-refractivity contribution in [3.05, 3.63) is 48.0 Å². The summed E-state index contributed by atoms with van der Waals surface area (Å²) in [5.74, 6) is 0.629. The first-order chi connectivity index (χ1) is 17.5. The maximum atomic E-state index is 13.0. The third kappa shape index (κ3) is 10.9. The Morgan fingerprint density at radius 3 is 2.35 bits per heavy atom. The maximum absolute atomic E-state index is 13.0. The topological polar surface area (TPSA) is 121 Å². The van der Waals surface area contributed by atoms with E-state index in [1.54, 1.807) is 32.2 Å². The van der Waals surface area contributed by atoms with Crippen molar-refractivity contribution < 1.29 is 28.5 Å². The summed E-state index contributed by atoms with van der Waals surface area (Å²) in [7, 11) is 1.56. The molecule has 2 rings (SSSR count). The molecule has 0 saturated carbocycles. The Hall–Kier alpha value is -3.53. The minimum atomic E-state index is -0.741. The summed E-state index contributed by atoms with van der Waals surface area (Å²) < 4.78 is 21.4. The highest BCUT2D eigenvalue weighted by Gasteiger charge is 2.26. The van der Waals surface area contributed by atoms with Gasteiger partial charge in [0.2, 0.25) is 0 Å². The molecule has 0 unspecified atom stereocenters. The molecule has 0 radical (unpaired) electrons. The lowest BCUT2D eigenvalue weighted by molar-refractivity contribution is -0.157. The van der Waals surface area contributed by atoms with Gasteiger partial charge in [-0.25, -0.2) is 4.79 Å². The minimum absolute atomic E-state index is 0.231. The number of benzene rings is 2. The van der Waals surface area contributed by atoms with Gasteiger partial charge in [-0.05, 0) is 76.2 Å². The third-order valence-corrected chi connectivity index (χ3v) is 5.19. The van der Waals surface area contributed by atoms with Crippen molar-refractivity contribution in [2.45, 2.75) is 58.6 Å². The third-order valence-electron chi connectivity index (χ3n) is 4.97. The summed E-state index contributed by atoms with van der Waals surface area (Å²) in [6, 6.07) is 11.8. The summed E-state index contributed by atoms with van der Waals surface area (Å²) in [4.78, 5) is 24.4. The fraction of sp³-hybridized carbons (Fsp3) is 0.444. The molecule has 0 heterocycles. The van der Waals surface area contributed by atoms with Crippen molar-refractivity contribution in [2.24, 2.45) is 0 Å². The zero-order valence-electron chi connectivity index (χ0n) is 22.1. The van der Waals surface area contributed by atoms with Crippen LogP contribution in [-0.2, 0) is 25.5 Å². The monoisotopic (exact) mass is 531 g/mol. The van der Waals surface area contributed by atoms with Gasteiger partial charge in [0, 0.05) is 18.9 Å². The Labute approximate surface area is 224 Å². The number of nitrogen functional groups attached to an aromatic ring is 1. The van der Waals surface area contributed by atoms with E-state index in [-0.39, 0.29) is 11.1 Å². The predicted molar refractivity (Wildman–Crippen MR) is 148 cm³/mol. The summed E-state index contributed by atoms with van der Waals surface area (Å²) in [6.45, 7) is 7.98. The van der Waals surface area contributed by atoms with E-state index in [1.807, 2.05) is 45.0 Å². The van der Waals surface area contributed by atoms with Gasteiger partial charge >= 0.3 is 11.9 Å². The zero-order valence-corrected chi connectivity index (χ0v) is 22.9. The number of hydrogen-bond donors (Lipinski definition) is 3. The van der Waals surface area contributed by atoms with Gasteiger partial charge in [0.25, 0.3) is 0 Å². The Bertz CT molecular complexity index is 1050. The average Bonchev–Trinajstić information content (AvgIpc) is 2.82. The highest BCUT2D eigenvalue weighted by atomic mass is 32.1. The van der Waals surface area contributed by atoms with Crippen molar-refractivity contribution in [1.82, 2.24) is 5.32 Å². The van der Waals surface area contributed by atoms with Gasteiger partial charge < -0.3 is 35.3 Å². The number of ether oxygens (including phenoxy) is 4. The van der Waals surface area contributed by atoms with Crippen LogP contribution in [-0.4, -0.2) is 49.0 Å². The molecule has 9 nitrogen and oxygen atoms in total. The van der Waals surface area contributed by atoms with Crippen LogP contribution in [0.1, 0.15) is 46.1 Å². The van der Waals surface area contributed by atoms with Crippen LogP contribution in [0.5, 0.6) is 11.5 Å². The van der Waals surface area contributed by atoms with Crippen molar-refractivity contribution in [3.8, 4) is 11.5 Å². The van der Waals surface area contributed by atoms with Crippen molar-refractivity contribution >= 4 is 40.6 Å². The van der Waals surface area contributed by atoms with E-state index < -0.39 is 17.6 Å². The van der Waals surface area contributed by atoms with Crippen molar-refractivity contribution in [3.63, 3.8) is 0 Å². The zero-order chi connectivity index (χ0) is 27.4. The van der Waals surface area contributed by atoms with E-state index in [4.69, 9.17) is 36.9 Å². The Morgan fingerprint density at radius 2 is 1.76 bits per heavy atom. The van der Waals surface area contributed by atoms with Gasteiger partial charge in [-0.2, -0.15) is 0 Å². The predicted octanol–water partition coefficient (Wildman–Crippen LogP) is 4.24. The lowest BCUT2D eigenvalue weighted by Crippen LogP contribution is -2.47. The average molecular weight is 532 g/mol. The lowest BCUT2D eigenvalue weighted by Gasteiger charge is -2.25. The number of hydrogen-bond acceptors (Lipinski definition) is 8. The highest BCUT2D eigenvalue weighted by Crippen LogP contribution is 2.24. The first-order valence-corrected chi connectivity index (χ1v) is 12.5. The first kappa shape index (κ1) is 29.7. The molecule has 0 aliphatic rings. The van der Waals surface area contributed by atoms with Gasteiger partial charge in [0.05, 0.1) is 31.7 Å². The Kier molecular flexibility index (Phi) is 11.5. The fourth-order valence-electron chi connectivity index (χ4n) is 3.26. The number of carbonyl (C=O) groups excluding carboxylic acids is 2. The van der Waals surface area contributed by atoms with Gasteiger partial charge in [0.15, 0.2) is 5.11 Å². The van der Waals surface area contributed by atoms with E-state index in [9.17, 15) is 9.59 Å². The molecule has 0 aromatic heterocycles. The second kappa shape index (κ2) is 14.3. The van der Waals surface area contributed by atoms with Crippen molar-refractivity contribution in [1.29, 1.82) is 0 Å². The molecule has 1 atom stereocenters. The van der Waals surface area contributed by atoms with Crippen LogP contribution in [0.4, 0.5) is 11.4 Å². The SMILES string of the molecule is CCOC(=O)CCCOc1ccc(C[C@H](NC(=S)Nc2ccc(OC)cc2N)C(=O)OC(C)(C)C)cc1.